The predicted molar refractivity (Wildman–Crippen MR) is 171 cm³/mol. The Bertz CT molecular complexity index is 1460. The normalized spacial score (nSPS) is 16.6. The van der Waals surface area contributed by atoms with Crippen LogP contribution in [0.2, 0.25) is 0 Å². The number of carboxylic acid groups (broad SMARTS) is 1. The van der Waals surface area contributed by atoms with Gasteiger partial charge < -0.3 is 31.2 Å². The number of amides is 4. The van der Waals surface area contributed by atoms with E-state index in [9.17, 15) is 33.6 Å². The summed E-state index contributed by atoms with van der Waals surface area (Å²) in [6.45, 7) is 1.57. The Morgan fingerprint density at radius 3 is 2.33 bits per heavy atom. The van der Waals surface area contributed by atoms with Crippen molar-refractivity contribution in [3.8, 4) is 0 Å². The average Bonchev–Trinajstić information content (AvgIpc) is 3.03. The number of likely N-dealkylation sites (tertiary alicyclic amines) is 1. The number of carboxylic acids is 1. The highest BCUT2D eigenvalue weighted by Crippen LogP contribution is 2.22. The molecule has 5 N–H and O–H groups in total. The van der Waals surface area contributed by atoms with Gasteiger partial charge in [-0.15, -0.1) is 11.6 Å². The second-order valence-corrected chi connectivity index (χ2v) is 12.0. The van der Waals surface area contributed by atoms with Gasteiger partial charge in [0.05, 0.1) is 6.04 Å². The van der Waals surface area contributed by atoms with Gasteiger partial charge in [-0.05, 0) is 61.8 Å². The van der Waals surface area contributed by atoms with Crippen LogP contribution in [0.25, 0.3) is 10.8 Å². The van der Waals surface area contributed by atoms with Crippen LogP contribution in [0.3, 0.4) is 0 Å². The molecule has 1 heterocycles. The Morgan fingerprint density at radius 2 is 1.67 bits per heavy atom. The smallest absolute Gasteiger partial charge is 0.303 e. The maximum Gasteiger partial charge on any atom is 0.303 e. The molecular weight excluding hydrogens is 616 g/mol. The number of Topliss-reactive ketones (excluding diaryl/α,β-unsaturated/α-hetero) is 2. The monoisotopic (exact) mass is 656 g/mol. The van der Waals surface area contributed by atoms with Crippen LogP contribution in [0.4, 0.5) is 0 Å². The van der Waals surface area contributed by atoms with E-state index in [1.165, 1.54) is 11.8 Å². The van der Waals surface area contributed by atoms with Crippen molar-refractivity contribution in [1.29, 1.82) is 0 Å². The number of primary amides is 1. The number of benzene rings is 2. The Labute approximate surface area is 272 Å². The number of nitrogens with zero attached hydrogens (tertiary/aromatic N) is 1. The molecule has 0 radical (unpaired) electrons. The standard InChI is InChI=1S/C33H41ClN4O8/c1-20(39)9-11-24(31(35)44)18-28(40)26(17-21-10-12-22-6-2-3-7-23(22)16-21)37-32(45)27-8-4-5-15-38(27)33(46)25(13-14-30(42)43)36-29(41)19-34/h2-3,6-7,10,12,16,24-27H,4-5,8-9,11,13-15,17-19H2,1H3,(H2,35,44)(H,36,41)(H,37,45)(H,42,43)/t24-,25+,26+,27+/m1/s1. The first-order valence-electron chi connectivity index (χ1n) is 15.4. The van der Waals surface area contributed by atoms with E-state index < -0.39 is 71.7 Å². The van der Waals surface area contributed by atoms with E-state index in [2.05, 4.69) is 10.6 Å². The van der Waals surface area contributed by atoms with Crippen LogP contribution in [0.15, 0.2) is 42.5 Å². The largest absolute Gasteiger partial charge is 0.481 e. The predicted octanol–water partition coefficient (Wildman–Crippen LogP) is 2.27. The number of fused-ring (bicyclic) bond motifs is 1. The molecule has 2 aromatic carbocycles. The van der Waals surface area contributed by atoms with Gasteiger partial charge in [-0.1, -0.05) is 42.5 Å². The van der Waals surface area contributed by atoms with Crippen molar-refractivity contribution >= 4 is 63.5 Å². The van der Waals surface area contributed by atoms with Gasteiger partial charge in [-0.25, -0.2) is 0 Å². The van der Waals surface area contributed by atoms with Gasteiger partial charge in [0.2, 0.25) is 23.6 Å². The lowest BCUT2D eigenvalue weighted by Crippen LogP contribution is -2.59. The Morgan fingerprint density at radius 1 is 0.957 bits per heavy atom. The molecule has 4 amide bonds. The van der Waals surface area contributed by atoms with Crippen molar-refractivity contribution in [3.63, 3.8) is 0 Å². The summed E-state index contributed by atoms with van der Waals surface area (Å²) in [5, 5.41) is 16.4. The van der Waals surface area contributed by atoms with Gasteiger partial charge >= 0.3 is 5.97 Å². The van der Waals surface area contributed by atoms with Crippen molar-refractivity contribution in [1.82, 2.24) is 15.5 Å². The number of halogens is 1. The summed E-state index contributed by atoms with van der Waals surface area (Å²) in [5.41, 5.74) is 6.32. The van der Waals surface area contributed by atoms with Crippen LogP contribution in [0.5, 0.6) is 0 Å². The number of piperidine rings is 1. The van der Waals surface area contributed by atoms with E-state index in [-0.39, 0.29) is 50.9 Å². The summed E-state index contributed by atoms with van der Waals surface area (Å²) in [7, 11) is 0. The zero-order chi connectivity index (χ0) is 33.8. The summed E-state index contributed by atoms with van der Waals surface area (Å²) in [6.07, 6.45) is 0.892. The number of rotatable bonds is 17. The SMILES string of the molecule is CC(=O)CC[C@H](CC(=O)[C@H](Cc1ccc2ccccc2c1)NC(=O)[C@@H]1CCCCN1C(=O)[C@H](CCC(=O)O)NC(=O)CCl)C(N)=O. The fraction of sp³-hybridized carbons (Fsp3) is 0.485. The number of carbonyl (C=O) groups excluding carboxylic acids is 6. The maximum atomic E-state index is 13.8. The van der Waals surface area contributed by atoms with Crippen LogP contribution >= 0.6 is 11.6 Å². The third-order valence-corrected chi connectivity index (χ3v) is 8.39. The van der Waals surface area contributed by atoms with Gasteiger partial charge in [0.25, 0.3) is 0 Å². The number of carbonyl (C=O) groups is 7. The van der Waals surface area contributed by atoms with Crippen LogP contribution in [-0.4, -0.2) is 81.7 Å². The number of hydrogen-bond acceptors (Lipinski definition) is 7. The van der Waals surface area contributed by atoms with E-state index in [0.29, 0.717) is 12.8 Å². The molecule has 0 aliphatic carbocycles. The minimum atomic E-state index is -1.21. The third kappa shape index (κ3) is 10.6. The van der Waals surface area contributed by atoms with Gasteiger partial charge in [0, 0.05) is 31.7 Å². The van der Waals surface area contributed by atoms with Crippen LogP contribution in [0, 0.1) is 5.92 Å². The zero-order valence-electron chi connectivity index (χ0n) is 25.8. The number of ketones is 2. The molecule has 0 aromatic heterocycles. The number of nitrogens with two attached hydrogens (primary N) is 1. The molecule has 0 bridgehead atoms. The minimum Gasteiger partial charge on any atom is -0.481 e. The molecular formula is C33H41ClN4O8. The number of hydrogen-bond donors (Lipinski definition) is 4. The molecule has 12 nitrogen and oxygen atoms in total. The van der Waals surface area contributed by atoms with Gasteiger partial charge in [-0.2, -0.15) is 0 Å². The fourth-order valence-corrected chi connectivity index (χ4v) is 5.73. The summed E-state index contributed by atoms with van der Waals surface area (Å²) in [5.74, 6) is -5.67. The zero-order valence-corrected chi connectivity index (χ0v) is 26.6. The molecule has 1 saturated heterocycles. The topological polar surface area (TPSA) is 193 Å². The molecule has 1 aliphatic heterocycles. The molecule has 2 aromatic rings. The molecule has 1 aliphatic rings. The lowest BCUT2D eigenvalue weighted by molar-refractivity contribution is -0.146. The van der Waals surface area contributed by atoms with E-state index in [1.807, 2.05) is 42.5 Å². The number of nitrogens with one attached hydrogen (secondary N) is 2. The highest BCUT2D eigenvalue weighted by Gasteiger charge is 2.38. The molecule has 248 valence electrons. The third-order valence-electron chi connectivity index (χ3n) is 8.14. The fourth-order valence-electron chi connectivity index (χ4n) is 5.65. The second-order valence-electron chi connectivity index (χ2n) is 11.7. The Balaban J connectivity index is 1.88. The molecule has 1 fully saturated rings. The summed E-state index contributed by atoms with van der Waals surface area (Å²) >= 11 is 5.61. The second kappa shape index (κ2) is 17.4. The van der Waals surface area contributed by atoms with E-state index in [0.717, 1.165) is 16.3 Å². The molecule has 4 atom stereocenters. The van der Waals surface area contributed by atoms with Crippen molar-refractivity contribution < 1.29 is 38.7 Å². The van der Waals surface area contributed by atoms with Crippen molar-refractivity contribution in [2.45, 2.75) is 82.8 Å². The number of aliphatic carboxylic acids is 1. The summed E-state index contributed by atoms with van der Waals surface area (Å²) in [4.78, 5) is 89.5. The first-order valence-corrected chi connectivity index (χ1v) is 15.9. The lowest BCUT2D eigenvalue weighted by atomic mass is 9.90. The molecule has 0 unspecified atom stereocenters. The van der Waals surface area contributed by atoms with Crippen LogP contribution in [0.1, 0.15) is 63.9 Å². The van der Waals surface area contributed by atoms with E-state index >= 15 is 0 Å². The molecule has 0 saturated carbocycles. The van der Waals surface area contributed by atoms with Crippen molar-refractivity contribution in [2.24, 2.45) is 11.7 Å². The first-order chi connectivity index (χ1) is 21.9. The maximum absolute atomic E-state index is 13.8. The molecule has 46 heavy (non-hydrogen) atoms. The Kier molecular flexibility index (Phi) is 13.7. The van der Waals surface area contributed by atoms with E-state index in [4.69, 9.17) is 22.4 Å². The highest BCUT2D eigenvalue weighted by molar-refractivity contribution is 6.27. The molecule has 0 spiro atoms. The van der Waals surface area contributed by atoms with Gasteiger partial charge in [-0.3, -0.25) is 28.8 Å². The van der Waals surface area contributed by atoms with E-state index in [1.54, 1.807) is 0 Å². The summed E-state index contributed by atoms with van der Waals surface area (Å²) < 4.78 is 0. The first kappa shape index (κ1) is 36.2. The highest BCUT2D eigenvalue weighted by atomic mass is 35.5. The minimum absolute atomic E-state index is 0.0744. The van der Waals surface area contributed by atoms with Crippen molar-refractivity contribution in [2.75, 3.05) is 12.4 Å². The Hall–Kier alpha value is -4.32. The quantitative estimate of drug-likeness (QED) is 0.186. The van der Waals surface area contributed by atoms with Gasteiger partial charge in [0.15, 0.2) is 5.78 Å². The van der Waals surface area contributed by atoms with Gasteiger partial charge in [0.1, 0.15) is 23.7 Å². The summed E-state index contributed by atoms with van der Waals surface area (Å²) in [6, 6.07) is 10.1. The molecule has 3 rings (SSSR count). The average molecular weight is 657 g/mol. The lowest BCUT2D eigenvalue weighted by Gasteiger charge is -2.37. The van der Waals surface area contributed by atoms with Crippen LogP contribution < -0.4 is 16.4 Å². The van der Waals surface area contributed by atoms with Crippen LogP contribution in [-0.2, 0) is 40.0 Å². The molecule has 13 heteroatoms. The van der Waals surface area contributed by atoms with Crippen molar-refractivity contribution in [3.05, 3.63) is 48.0 Å². The number of alkyl halides is 1.